The fourth-order valence-corrected chi connectivity index (χ4v) is 3.27. The zero-order chi connectivity index (χ0) is 18.9. The molecule has 0 radical (unpaired) electrons. The lowest BCUT2D eigenvalue weighted by Crippen LogP contribution is -2.30. The van der Waals surface area contributed by atoms with E-state index in [0.717, 1.165) is 49.9 Å². The second kappa shape index (κ2) is 10.6. The number of hydrogen-bond acceptors (Lipinski definition) is 3. The first kappa shape index (κ1) is 21.7. The van der Waals surface area contributed by atoms with Crippen LogP contribution in [0.15, 0.2) is 17.1 Å². The van der Waals surface area contributed by atoms with Crippen molar-refractivity contribution in [1.82, 2.24) is 4.90 Å². The molecule has 0 atom stereocenters. The monoisotopic (exact) mass is 346 g/mol. The summed E-state index contributed by atoms with van der Waals surface area (Å²) in [6.45, 7) is 10.6. The Morgan fingerprint density at radius 2 is 1.72 bits per heavy atom. The van der Waals surface area contributed by atoms with Crippen molar-refractivity contribution in [2.75, 3.05) is 27.2 Å². The zero-order valence-electron chi connectivity index (χ0n) is 17.2. The molecule has 0 fully saturated rings. The highest BCUT2D eigenvalue weighted by Crippen LogP contribution is 2.26. The van der Waals surface area contributed by atoms with Gasteiger partial charge in [-0.25, -0.2) is 0 Å². The van der Waals surface area contributed by atoms with Crippen molar-refractivity contribution < 1.29 is 5.11 Å². The van der Waals surface area contributed by atoms with Crippen LogP contribution >= 0.6 is 0 Å². The Morgan fingerprint density at radius 1 is 1.08 bits per heavy atom. The molecule has 0 spiro atoms. The van der Waals surface area contributed by atoms with Crippen LogP contribution in [-0.2, 0) is 12.8 Å². The molecule has 0 bridgehead atoms. The van der Waals surface area contributed by atoms with Gasteiger partial charge in [-0.1, -0.05) is 46.6 Å². The number of aromatic hydroxyl groups is 1. The summed E-state index contributed by atoms with van der Waals surface area (Å²) in [5, 5.41) is 10.6. The van der Waals surface area contributed by atoms with Gasteiger partial charge in [0.2, 0.25) is 0 Å². The minimum absolute atomic E-state index is 0.125. The number of benzene rings is 1. The number of rotatable bonds is 11. The van der Waals surface area contributed by atoms with E-state index in [0.29, 0.717) is 5.75 Å². The molecule has 3 nitrogen and oxygen atoms in total. The van der Waals surface area contributed by atoms with Gasteiger partial charge in [-0.2, -0.15) is 0 Å². The second-order valence-corrected chi connectivity index (χ2v) is 8.27. The first-order chi connectivity index (χ1) is 11.8. The van der Waals surface area contributed by atoms with Crippen molar-refractivity contribution in [3.63, 3.8) is 0 Å². The predicted molar refractivity (Wildman–Crippen MR) is 110 cm³/mol. The highest BCUT2D eigenvalue weighted by atomic mass is 16.3. The lowest BCUT2D eigenvalue weighted by atomic mass is 9.93. The van der Waals surface area contributed by atoms with Gasteiger partial charge in [-0.05, 0) is 62.4 Å². The molecule has 1 rings (SSSR count). The molecule has 0 aromatic heterocycles. The first-order valence-electron chi connectivity index (χ1n) is 9.78. The molecule has 0 saturated heterocycles. The highest BCUT2D eigenvalue weighted by molar-refractivity contribution is 5.84. The molecular formula is C22H38N2O. The topological polar surface area (TPSA) is 35.8 Å². The van der Waals surface area contributed by atoms with Gasteiger partial charge in [0.15, 0.2) is 0 Å². The van der Waals surface area contributed by atoms with Crippen LogP contribution in [0, 0.1) is 5.41 Å². The molecule has 0 amide bonds. The van der Waals surface area contributed by atoms with E-state index in [2.05, 4.69) is 63.8 Å². The van der Waals surface area contributed by atoms with Crippen molar-refractivity contribution in [2.45, 2.75) is 66.2 Å². The van der Waals surface area contributed by atoms with Gasteiger partial charge in [-0.3, -0.25) is 4.99 Å². The molecule has 0 aliphatic rings. The summed E-state index contributed by atoms with van der Waals surface area (Å²) in [6, 6.07) is 4.30. The van der Waals surface area contributed by atoms with Crippen LogP contribution < -0.4 is 0 Å². The van der Waals surface area contributed by atoms with E-state index < -0.39 is 0 Å². The molecule has 1 aromatic carbocycles. The normalized spacial score (nSPS) is 12.4. The summed E-state index contributed by atoms with van der Waals surface area (Å²) in [5.41, 5.74) is 3.39. The summed E-state index contributed by atoms with van der Waals surface area (Å²) in [4.78, 5) is 6.85. The number of phenolic OH excluding ortho intramolecular Hbond substituents is 1. The molecule has 1 N–H and O–H groups in total. The van der Waals surface area contributed by atoms with E-state index in [1.165, 1.54) is 18.4 Å². The lowest BCUT2D eigenvalue weighted by molar-refractivity contribution is 0.249. The number of nitrogens with zero attached hydrogens (tertiary/aromatic N) is 2. The summed E-state index contributed by atoms with van der Waals surface area (Å²) < 4.78 is 0. The molecule has 0 saturated carbocycles. The maximum Gasteiger partial charge on any atom is 0.127 e. The summed E-state index contributed by atoms with van der Waals surface area (Å²) in [5.74, 6) is 0.419. The van der Waals surface area contributed by atoms with Crippen molar-refractivity contribution >= 4 is 6.21 Å². The number of aryl methyl sites for hydroxylation is 2. The summed E-state index contributed by atoms with van der Waals surface area (Å²) >= 11 is 0. The predicted octanol–water partition coefficient (Wildman–Crippen LogP) is 5.08. The average Bonchev–Trinajstić information content (AvgIpc) is 2.52. The Morgan fingerprint density at radius 3 is 2.32 bits per heavy atom. The molecule has 25 heavy (non-hydrogen) atoms. The standard InChI is InChI=1S/C22H38N2O/c1-7-9-11-18-13-19(12-10-8-2)21(25)20(14-18)15-23-16-22(3,4)17-24(5)6/h13-15,25H,7-12,16-17H2,1-6H3/b23-15+. The number of phenols is 1. The van der Waals surface area contributed by atoms with Gasteiger partial charge < -0.3 is 10.0 Å². The Hall–Kier alpha value is -1.35. The Labute approximate surface area is 155 Å². The van der Waals surface area contributed by atoms with Gasteiger partial charge in [-0.15, -0.1) is 0 Å². The molecule has 142 valence electrons. The van der Waals surface area contributed by atoms with E-state index in [-0.39, 0.29) is 5.41 Å². The molecule has 0 unspecified atom stereocenters. The van der Waals surface area contributed by atoms with Crippen LogP contribution in [0.2, 0.25) is 0 Å². The minimum atomic E-state index is 0.125. The van der Waals surface area contributed by atoms with Crippen LogP contribution in [0.5, 0.6) is 5.75 Å². The highest BCUT2D eigenvalue weighted by Gasteiger charge is 2.18. The van der Waals surface area contributed by atoms with E-state index in [1.54, 1.807) is 0 Å². The van der Waals surface area contributed by atoms with Gasteiger partial charge >= 0.3 is 0 Å². The quantitative estimate of drug-likeness (QED) is 0.567. The summed E-state index contributed by atoms with van der Waals surface area (Å²) in [6.07, 6.45) is 8.51. The average molecular weight is 347 g/mol. The van der Waals surface area contributed by atoms with E-state index in [9.17, 15) is 5.11 Å². The third kappa shape index (κ3) is 8.04. The van der Waals surface area contributed by atoms with E-state index in [1.807, 2.05) is 6.21 Å². The van der Waals surface area contributed by atoms with Crippen LogP contribution in [-0.4, -0.2) is 43.4 Å². The van der Waals surface area contributed by atoms with Crippen molar-refractivity contribution in [1.29, 1.82) is 0 Å². The number of unbranched alkanes of at least 4 members (excludes halogenated alkanes) is 2. The fraction of sp³-hybridized carbons (Fsp3) is 0.682. The molecular weight excluding hydrogens is 308 g/mol. The van der Waals surface area contributed by atoms with Crippen molar-refractivity contribution in [2.24, 2.45) is 10.4 Å². The fourth-order valence-electron chi connectivity index (χ4n) is 3.27. The molecule has 1 aromatic rings. The van der Waals surface area contributed by atoms with Crippen LogP contribution in [0.3, 0.4) is 0 Å². The third-order valence-electron chi connectivity index (χ3n) is 4.39. The largest absolute Gasteiger partial charge is 0.507 e. The van der Waals surface area contributed by atoms with Crippen LogP contribution in [0.25, 0.3) is 0 Å². The van der Waals surface area contributed by atoms with Crippen LogP contribution in [0.4, 0.5) is 0 Å². The van der Waals surface area contributed by atoms with Crippen molar-refractivity contribution in [3.05, 3.63) is 28.8 Å². The van der Waals surface area contributed by atoms with E-state index >= 15 is 0 Å². The Kier molecular flexibility index (Phi) is 9.20. The maximum absolute atomic E-state index is 10.6. The number of hydrogen-bond donors (Lipinski definition) is 1. The summed E-state index contributed by atoms with van der Waals surface area (Å²) in [7, 11) is 4.18. The molecule has 0 aliphatic carbocycles. The lowest BCUT2D eigenvalue weighted by Gasteiger charge is -2.26. The van der Waals surface area contributed by atoms with Crippen LogP contribution in [0.1, 0.15) is 70.1 Å². The first-order valence-corrected chi connectivity index (χ1v) is 9.78. The van der Waals surface area contributed by atoms with Gasteiger partial charge in [0.05, 0.1) is 0 Å². The minimum Gasteiger partial charge on any atom is -0.507 e. The third-order valence-corrected chi connectivity index (χ3v) is 4.39. The van der Waals surface area contributed by atoms with Gasteiger partial charge in [0.25, 0.3) is 0 Å². The van der Waals surface area contributed by atoms with Crippen molar-refractivity contribution in [3.8, 4) is 5.75 Å². The Balaban J connectivity index is 2.96. The molecule has 3 heteroatoms. The number of aliphatic imine (C=N–C) groups is 1. The van der Waals surface area contributed by atoms with Gasteiger partial charge in [0, 0.05) is 24.9 Å². The smallest absolute Gasteiger partial charge is 0.127 e. The Bertz CT molecular complexity index is 547. The second-order valence-electron chi connectivity index (χ2n) is 8.27. The SMILES string of the molecule is CCCCc1cc(/C=N/CC(C)(C)CN(C)C)c(O)c(CCCC)c1. The molecule has 0 heterocycles. The zero-order valence-corrected chi connectivity index (χ0v) is 17.2. The molecule has 0 aliphatic heterocycles. The maximum atomic E-state index is 10.6. The van der Waals surface area contributed by atoms with Gasteiger partial charge in [0.1, 0.15) is 5.75 Å². The van der Waals surface area contributed by atoms with E-state index in [4.69, 9.17) is 0 Å².